The number of likely N-dealkylation sites (tertiary alicyclic amines) is 1. The number of nitrogens with one attached hydrogen (secondary N) is 1. The van der Waals surface area contributed by atoms with E-state index in [1.807, 2.05) is 35.0 Å². The summed E-state index contributed by atoms with van der Waals surface area (Å²) >= 11 is 0. The fourth-order valence-electron chi connectivity index (χ4n) is 3.25. The minimum atomic E-state index is -0.386. The number of aliphatic hydroxyl groups is 1. The summed E-state index contributed by atoms with van der Waals surface area (Å²) in [5.41, 5.74) is 1.01. The fraction of sp³-hybridized carbons (Fsp3) is 0.556. The van der Waals surface area contributed by atoms with Crippen LogP contribution in [0.4, 0.5) is 0 Å². The van der Waals surface area contributed by atoms with E-state index in [2.05, 4.69) is 20.3 Å². The molecular formula is C18H27N5O. The topological polar surface area (TPSA) is 66.2 Å². The number of hydrogen-bond acceptors (Lipinski definition) is 5. The highest BCUT2D eigenvalue weighted by molar-refractivity contribution is 5.17. The number of piperidine rings is 1. The second-order valence-electron chi connectivity index (χ2n) is 6.53. The SMILES string of the molecule is O[C@H](CN1CCC(CNCCn2cncn2)CC1)c1ccccc1. The zero-order valence-electron chi connectivity index (χ0n) is 14.1. The maximum absolute atomic E-state index is 10.3. The highest BCUT2D eigenvalue weighted by atomic mass is 16.3. The van der Waals surface area contributed by atoms with Crippen molar-refractivity contribution in [1.29, 1.82) is 0 Å². The second-order valence-corrected chi connectivity index (χ2v) is 6.53. The van der Waals surface area contributed by atoms with Crippen LogP contribution in [0.15, 0.2) is 43.0 Å². The maximum Gasteiger partial charge on any atom is 0.137 e. The van der Waals surface area contributed by atoms with Gasteiger partial charge in [-0.05, 0) is 44.0 Å². The number of aromatic nitrogens is 3. The van der Waals surface area contributed by atoms with Crippen molar-refractivity contribution in [2.24, 2.45) is 5.92 Å². The van der Waals surface area contributed by atoms with E-state index in [1.165, 1.54) is 12.8 Å². The van der Waals surface area contributed by atoms with Gasteiger partial charge < -0.3 is 15.3 Å². The van der Waals surface area contributed by atoms with Crippen LogP contribution in [0.5, 0.6) is 0 Å². The molecule has 2 heterocycles. The quantitative estimate of drug-likeness (QED) is 0.715. The van der Waals surface area contributed by atoms with Crippen molar-refractivity contribution in [3.8, 4) is 0 Å². The van der Waals surface area contributed by atoms with Gasteiger partial charge in [0.1, 0.15) is 12.7 Å². The average Bonchev–Trinajstić information content (AvgIpc) is 3.14. The summed E-state index contributed by atoms with van der Waals surface area (Å²) in [5, 5.41) is 18.0. The van der Waals surface area contributed by atoms with E-state index < -0.39 is 0 Å². The Bertz CT molecular complexity index is 566. The van der Waals surface area contributed by atoms with Crippen LogP contribution < -0.4 is 5.32 Å². The molecule has 24 heavy (non-hydrogen) atoms. The molecule has 1 fully saturated rings. The summed E-state index contributed by atoms with van der Waals surface area (Å²) in [6, 6.07) is 9.94. The predicted molar refractivity (Wildman–Crippen MR) is 93.5 cm³/mol. The van der Waals surface area contributed by atoms with Gasteiger partial charge >= 0.3 is 0 Å². The molecule has 0 spiro atoms. The number of β-amino-alcohol motifs (C(OH)–C–C–N with tert-alkyl or cyclic N) is 1. The van der Waals surface area contributed by atoms with Gasteiger partial charge in [-0.15, -0.1) is 0 Å². The van der Waals surface area contributed by atoms with Gasteiger partial charge in [-0.2, -0.15) is 5.10 Å². The first-order valence-electron chi connectivity index (χ1n) is 8.80. The Morgan fingerprint density at radius 1 is 1.21 bits per heavy atom. The predicted octanol–water partition coefficient (Wildman–Crippen LogP) is 1.31. The van der Waals surface area contributed by atoms with Gasteiger partial charge in [0.2, 0.25) is 0 Å². The third-order valence-corrected chi connectivity index (χ3v) is 4.74. The summed E-state index contributed by atoms with van der Waals surface area (Å²) in [4.78, 5) is 6.32. The number of nitrogens with zero attached hydrogens (tertiary/aromatic N) is 4. The molecule has 130 valence electrons. The van der Waals surface area contributed by atoms with E-state index in [4.69, 9.17) is 0 Å². The van der Waals surface area contributed by atoms with Crippen molar-refractivity contribution < 1.29 is 5.11 Å². The van der Waals surface area contributed by atoms with E-state index in [0.29, 0.717) is 0 Å². The molecule has 1 aromatic carbocycles. The average molecular weight is 329 g/mol. The minimum Gasteiger partial charge on any atom is -0.387 e. The summed E-state index contributed by atoms with van der Waals surface area (Å²) in [6.45, 7) is 5.72. The van der Waals surface area contributed by atoms with Gasteiger partial charge in [-0.3, -0.25) is 4.68 Å². The zero-order chi connectivity index (χ0) is 16.6. The number of benzene rings is 1. The van der Waals surface area contributed by atoms with Crippen molar-refractivity contribution in [3.05, 3.63) is 48.5 Å². The largest absolute Gasteiger partial charge is 0.387 e. The van der Waals surface area contributed by atoms with Crippen molar-refractivity contribution in [2.75, 3.05) is 32.7 Å². The number of hydrogen-bond donors (Lipinski definition) is 2. The molecule has 1 aromatic heterocycles. The van der Waals surface area contributed by atoms with E-state index in [-0.39, 0.29) is 6.10 Å². The molecule has 0 aliphatic carbocycles. The van der Waals surface area contributed by atoms with Crippen molar-refractivity contribution in [3.63, 3.8) is 0 Å². The van der Waals surface area contributed by atoms with Crippen LogP contribution in [0, 0.1) is 5.92 Å². The number of aliphatic hydroxyl groups excluding tert-OH is 1. The third-order valence-electron chi connectivity index (χ3n) is 4.74. The molecule has 1 atom stereocenters. The van der Waals surface area contributed by atoms with Crippen molar-refractivity contribution in [2.45, 2.75) is 25.5 Å². The molecule has 0 radical (unpaired) electrons. The molecule has 0 unspecified atom stereocenters. The Balaban J connectivity index is 1.31. The molecule has 3 rings (SSSR count). The first-order chi connectivity index (χ1) is 11.8. The Kier molecular flexibility index (Phi) is 6.34. The summed E-state index contributed by atoms with van der Waals surface area (Å²) in [7, 11) is 0. The van der Waals surface area contributed by atoms with Gasteiger partial charge in [-0.25, -0.2) is 4.98 Å². The molecule has 1 aliphatic heterocycles. The normalized spacial score (nSPS) is 17.9. The molecule has 0 saturated carbocycles. The van der Waals surface area contributed by atoms with Crippen LogP contribution in [0.2, 0.25) is 0 Å². The molecule has 1 aliphatic rings. The third kappa shape index (κ3) is 5.12. The smallest absolute Gasteiger partial charge is 0.137 e. The first-order valence-corrected chi connectivity index (χ1v) is 8.80. The van der Waals surface area contributed by atoms with Gasteiger partial charge in [0.15, 0.2) is 0 Å². The van der Waals surface area contributed by atoms with E-state index in [9.17, 15) is 5.11 Å². The monoisotopic (exact) mass is 329 g/mol. The lowest BCUT2D eigenvalue weighted by Gasteiger charge is -2.33. The fourth-order valence-corrected chi connectivity index (χ4v) is 3.25. The molecule has 2 N–H and O–H groups in total. The summed E-state index contributed by atoms with van der Waals surface area (Å²) in [5.74, 6) is 0.728. The first kappa shape index (κ1) is 17.1. The zero-order valence-corrected chi connectivity index (χ0v) is 14.1. The van der Waals surface area contributed by atoms with Gasteiger partial charge in [-0.1, -0.05) is 30.3 Å². The lowest BCUT2D eigenvalue weighted by Crippen LogP contribution is -2.39. The lowest BCUT2D eigenvalue weighted by molar-refractivity contribution is 0.0891. The van der Waals surface area contributed by atoms with E-state index >= 15 is 0 Å². The summed E-state index contributed by atoms with van der Waals surface area (Å²) < 4.78 is 1.85. The highest BCUT2D eigenvalue weighted by Crippen LogP contribution is 2.20. The molecule has 1 saturated heterocycles. The van der Waals surface area contributed by atoms with Gasteiger partial charge in [0.05, 0.1) is 12.6 Å². The molecular weight excluding hydrogens is 302 g/mol. The molecule has 0 amide bonds. The highest BCUT2D eigenvalue weighted by Gasteiger charge is 2.21. The molecule has 0 bridgehead atoms. The van der Waals surface area contributed by atoms with Crippen LogP contribution >= 0.6 is 0 Å². The van der Waals surface area contributed by atoms with Crippen LogP contribution in [0.1, 0.15) is 24.5 Å². The van der Waals surface area contributed by atoms with Crippen LogP contribution in [-0.4, -0.2) is 57.5 Å². The van der Waals surface area contributed by atoms with Crippen molar-refractivity contribution in [1.82, 2.24) is 25.0 Å². The van der Waals surface area contributed by atoms with Gasteiger partial charge in [0.25, 0.3) is 0 Å². The van der Waals surface area contributed by atoms with Gasteiger partial charge in [0, 0.05) is 13.1 Å². The van der Waals surface area contributed by atoms with Crippen molar-refractivity contribution >= 4 is 0 Å². The Labute approximate surface area is 143 Å². The van der Waals surface area contributed by atoms with Crippen LogP contribution in [0.3, 0.4) is 0 Å². The Morgan fingerprint density at radius 3 is 2.71 bits per heavy atom. The van der Waals surface area contributed by atoms with Crippen LogP contribution in [-0.2, 0) is 6.54 Å². The Hall–Kier alpha value is -1.76. The maximum atomic E-state index is 10.3. The van der Waals surface area contributed by atoms with E-state index in [0.717, 1.165) is 50.7 Å². The molecule has 2 aromatic rings. The van der Waals surface area contributed by atoms with Crippen LogP contribution in [0.25, 0.3) is 0 Å². The number of rotatable bonds is 8. The molecule has 6 heteroatoms. The Morgan fingerprint density at radius 2 is 2.00 bits per heavy atom. The second kappa shape index (κ2) is 8.92. The standard InChI is InChI=1S/C18H27N5O/c24-18(17-4-2-1-3-5-17)13-22-9-6-16(7-10-22)12-19-8-11-23-15-20-14-21-23/h1-5,14-16,18-19,24H,6-13H2/t18-/m1/s1. The summed E-state index contributed by atoms with van der Waals surface area (Å²) in [6.07, 6.45) is 5.32. The minimum absolute atomic E-state index is 0.386. The lowest BCUT2D eigenvalue weighted by atomic mass is 9.96. The molecule has 6 nitrogen and oxygen atoms in total. The van der Waals surface area contributed by atoms with E-state index in [1.54, 1.807) is 12.7 Å².